The lowest BCUT2D eigenvalue weighted by molar-refractivity contribution is 0.0944. The van der Waals surface area contributed by atoms with Crippen LogP contribution in [0.2, 0.25) is 0 Å². The highest BCUT2D eigenvalue weighted by Gasteiger charge is 2.15. The van der Waals surface area contributed by atoms with Crippen LogP contribution in [0.15, 0.2) is 54.6 Å². The van der Waals surface area contributed by atoms with E-state index in [9.17, 15) is 4.79 Å². The largest absolute Gasteiger partial charge is 0.351 e. The molecule has 0 bridgehead atoms. The normalized spacial score (nSPS) is 18.3. The first kappa shape index (κ1) is 16.7. The van der Waals surface area contributed by atoms with E-state index >= 15 is 0 Å². The molecular formula is C21H26N2O. The van der Waals surface area contributed by atoms with Crippen molar-refractivity contribution in [2.24, 2.45) is 5.92 Å². The summed E-state index contributed by atoms with van der Waals surface area (Å²) in [5, 5.41) is 3.04. The van der Waals surface area contributed by atoms with Crippen molar-refractivity contribution >= 4 is 5.91 Å². The number of nitrogens with one attached hydrogen (secondary N) is 1. The topological polar surface area (TPSA) is 32.3 Å². The smallest absolute Gasteiger partial charge is 0.251 e. The second kappa shape index (κ2) is 8.11. The summed E-state index contributed by atoms with van der Waals surface area (Å²) < 4.78 is 0. The Morgan fingerprint density at radius 2 is 1.79 bits per heavy atom. The van der Waals surface area contributed by atoms with Crippen LogP contribution in [0.1, 0.15) is 30.1 Å². The molecule has 0 radical (unpaired) electrons. The summed E-state index contributed by atoms with van der Waals surface area (Å²) in [5.41, 5.74) is 3.03. The van der Waals surface area contributed by atoms with Crippen molar-refractivity contribution in [3.05, 3.63) is 60.2 Å². The number of benzene rings is 2. The third kappa shape index (κ3) is 4.45. The Hall–Kier alpha value is -2.13. The summed E-state index contributed by atoms with van der Waals surface area (Å²) in [6.45, 7) is 6.27. The van der Waals surface area contributed by atoms with E-state index in [0.717, 1.165) is 36.7 Å². The van der Waals surface area contributed by atoms with E-state index in [4.69, 9.17) is 0 Å². The van der Waals surface area contributed by atoms with Gasteiger partial charge in [0.1, 0.15) is 0 Å². The Morgan fingerprint density at radius 1 is 1.08 bits per heavy atom. The van der Waals surface area contributed by atoms with Crippen LogP contribution >= 0.6 is 0 Å². The SMILES string of the molecule is C[C@H]1CCCN(CCNC(=O)c2ccc(-c3ccccc3)cc2)C1. The maximum atomic E-state index is 12.3. The van der Waals surface area contributed by atoms with Gasteiger partial charge in [-0.15, -0.1) is 0 Å². The van der Waals surface area contributed by atoms with E-state index in [1.54, 1.807) is 0 Å². The summed E-state index contributed by atoms with van der Waals surface area (Å²) in [6, 6.07) is 18.0. The van der Waals surface area contributed by atoms with Gasteiger partial charge in [-0.25, -0.2) is 0 Å². The van der Waals surface area contributed by atoms with Gasteiger partial charge in [-0.2, -0.15) is 0 Å². The van der Waals surface area contributed by atoms with E-state index in [-0.39, 0.29) is 5.91 Å². The molecule has 0 unspecified atom stereocenters. The van der Waals surface area contributed by atoms with E-state index in [2.05, 4.69) is 29.3 Å². The van der Waals surface area contributed by atoms with Gasteiger partial charge in [0, 0.05) is 25.2 Å². The Bertz CT molecular complexity index is 651. The highest BCUT2D eigenvalue weighted by Crippen LogP contribution is 2.19. The van der Waals surface area contributed by atoms with Crippen molar-refractivity contribution in [1.29, 1.82) is 0 Å². The van der Waals surface area contributed by atoms with E-state index < -0.39 is 0 Å². The van der Waals surface area contributed by atoms with E-state index in [1.165, 1.54) is 18.4 Å². The number of carbonyl (C=O) groups is 1. The third-order valence-corrected chi connectivity index (χ3v) is 4.71. The number of likely N-dealkylation sites (tertiary alicyclic amines) is 1. The summed E-state index contributed by atoms with van der Waals surface area (Å²) >= 11 is 0. The number of rotatable bonds is 5. The molecule has 1 amide bonds. The molecule has 1 saturated heterocycles. The van der Waals surface area contributed by atoms with Gasteiger partial charge in [0.2, 0.25) is 0 Å². The molecule has 2 aromatic carbocycles. The minimum atomic E-state index is 0.0136. The van der Waals surface area contributed by atoms with Gasteiger partial charge in [0.25, 0.3) is 5.91 Å². The lowest BCUT2D eigenvalue weighted by Gasteiger charge is -2.30. The van der Waals surface area contributed by atoms with Crippen LogP contribution in [0.5, 0.6) is 0 Å². The standard InChI is InChI=1S/C21H26N2O/c1-17-6-5-14-23(16-17)15-13-22-21(24)20-11-9-19(10-12-20)18-7-3-2-4-8-18/h2-4,7-12,17H,5-6,13-16H2,1H3,(H,22,24)/t17-/m0/s1. The van der Waals surface area contributed by atoms with Crippen molar-refractivity contribution in [2.45, 2.75) is 19.8 Å². The second-order valence-electron chi connectivity index (χ2n) is 6.75. The molecule has 126 valence electrons. The highest BCUT2D eigenvalue weighted by molar-refractivity contribution is 5.94. The predicted octanol–water partition coefficient (Wildman–Crippen LogP) is 3.82. The van der Waals surface area contributed by atoms with Crippen LogP contribution in [-0.2, 0) is 0 Å². The molecule has 0 aliphatic carbocycles. The van der Waals surface area contributed by atoms with Crippen molar-refractivity contribution in [3.8, 4) is 11.1 Å². The minimum absolute atomic E-state index is 0.0136. The van der Waals surface area contributed by atoms with Crippen LogP contribution in [0, 0.1) is 5.92 Å². The van der Waals surface area contributed by atoms with Crippen LogP contribution in [-0.4, -0.2) is 37.0 Å². The average molecular weight is 322 g/mol. The number of hydrogen-bond acceptors (Lipinski definition) is 2. The monoisotopic (exact) mass is 322 g/mol. The van der Waals surface area contributed by atoms with Crippen LogP contribution < -0.4 is 5.32 Å². The first-order valence-electron chi connectivity index (χ1n) is 8.88. The summed E-state index contributed by atoms with van der Waals surface area (Å²) in [5.74, 6) is 0.791. The molecule has 0 spiro atoms. The quantitative estimate of drug-likeness (QED) is 0.908. The van der Waals surface area contributed by atoms with Gasteiger partial charge in [-0.05, 0) is 48.6 Å². The number of amides is 1. The summed E-state index contributed by atoms with van der Waals surface area (Å²) in [7, 11) is 0. The molecule has 2 aromatic rings. The van der Waals surface area contributed by atoms with Gasteiger partial charge in [0.05, 0.1) is 0 Å². The van der Waals surface area contributed by atoms with Crippen molar-refractivity contribution in [3.63, 3.8) is 0 Å². The molecule has 3 nitrogen and oxygen atoms in total. The molecule has 1 aliphatic rings. The fraction of sp³-hybridized carbons (Fsp3) is 0.381. The average Bonchev–Trinajstić information content (AvgIpc) is 2.63. The predicted molar refractivity (Wildman–Crippen MR) is 99.0 cm³/mol. The molecule has 1 atom stereocenters. The fourth-order valence-corrected chi connectivity index (χ4v) is 3.36. The van der Waals surface area contributed by atoms with Gasteiger partial charge in [-0.1, -0.05) is 49.4 Å². The van der Waals surface area contributed by atoms with E-state index in [1.807, 2.05) is 42.5 Å². The molecule has 3 heteroatoms. The summed E-state index contributed by atoms with van der Waals surface area (Å²) in [4.78, 5) is 14.7. The van der Waals surface area contributed by atoms with Crippen molar-refractivity contribution in [2.75, 3.05) is 26.2 Å². The molecule has 3 rings (SSSR count). The van der Waals surface area contributed by atoms with Crippen LogP contribution in [0.3, 0.4) is 0 Å². The first-order chi connectivity index (χ1) is 11.7. The molecule has 1 fully saturated rings. The van der Waals surface area contributed by atoms with Crippen molar-refractivity contribution < 1.29 is 4.79 Å². The molecule has 24 heavy (non-hydrogen) atoms. The highest BCUT2D eigenvalue weighted by atomic mass is 16.1. The Labute approximate surface area is 144 Å². The Balaban J connectivity index is 1.50. The lowest BCUT2D eigenvalue weighted by atomic mass is 10.0. The molecular weight excluding hydrogens is 296 g/mol. The zero-order valence-electron chi connectivity index (χ0n) is 14.4. The molecule has 1 aliphatic heterocycles. The molecule has 1 N–H and O–H groups in total. The number of hydrogen-bond donors (Lipinski definition) is 1. The zero-order valence-corrected chi connectivity index (χ0v) is 14.4. The summed E-state index contributed by atoms with van der Waals surface area (Å²) in [6.07, 6.45) is 2.60. The number of nitrogens with zero attached hydrogens (tertiary/aromatic N) is 1. The van der Waals surface area contributed by atoms with Gasteiger partial charge < -0.3 is 10.2 Å². The zero-order chi connectivity index (χ0) is 16.8. The first-order valence-corrected chi connectivity index (χ1v) is 8.88. The minimum Gasteiger partial charge on any atom is -0.351 e. The lowest BCUT2D eigenvalue weighted by Crippen LogP contribution is -2.40. The maximum absolute atomic E-state index is 12.3. The second-order valence-corrected chi connectivity index (χ2v) is 6.75. The van der Waals surface area contributed by atoms with Crippen molar-refractivity contribution in [1.82, 2.24) is 10.2 Å². The number of piperidine rings is 1. The fourth-order valence-electron chi connectivity index (χ4n) is 3.36. The number of carbonyl (C=O) groups excluding carboxylic acids is 1. The van der Waals surface area contributed by atoms with Gasteiger partial charge in [-0.3, -0.25) is 4.79 Å². The molecule has 1 heterocycles. The maximum Gasteiger partial charge on any atom is 0.251 e. The van der Waals surface area contributed by atoms with Gasteiger partial charge in [0.15, 0.2) is 0 Å². The van der Waals surface area contributed by atoms with Gasteiger partial charge >= 0.3 is 0 Å². The van der Waals surface area contributed by atoms with Crippen LogP contribution in [0.4, 0.5) is 0 Å². The third-order valence-electron chi connectivity index (χ3n) is 4.71. The van der Waals surface area contributed by atoms with E-state index in [0.29, 0.717) is 6.54 Å². The Kier molecular flexibility index (Phi) is 5.65. The molecule has 0 saturated carbocycles. The van der Waals surface area contributed by atoms with Crippen LogP contribution in [0.25, 0.3) is 11.1 Å². The molecule has 0 aromatic heterocycles. The Morgan fingerprint density at radius 3 is 2.50 bits per heavy atom.